The zero-order valence-corrected chi connectivity index (χ0v) is 16.6. The molecule has 3 aromatic rings. The van der Waals surface area contributed by atoms with Gasteiger partial charge in [-0.1, -0.05) is 42.5 Å². The molecule has 0 radical (unpaired) electrons. The second-order valence-electron chi connectivity index (χ2n) is 7.96. The fourth-order valence-corrected chi connectivity index (χ4v) is 4.88. The van der Waals surface area contributed by atoms with Gasteiger partial charge in [-0.05, 0) is 18.7 Å². The lowest BCUT2D eigenvalue weighted by Gasteiger charge is -2.35. The number of rotatable bonds is 2. The summed E-state index contributed by atoms with van der Waals surface area (Å²) in [5, 5.41) is 3.44. The van der Waals surface area contributed by atoms with Crippen molar-refractivity contribution < 1.29 is 8.78 Å². The second kappa shape index (κ2) is 6.97. The highest BCUT2D eigenvalue weighted by atomic mass is 19.2. The molecule has 2 aromatic carbocycles. The summed E-state index contributed by atoms with van der Waals surface area (Å²) in [5.41, 5.74) is 6.08. The Morgan fingerprint density at radius 3 is 2.59 bits per heavy atom. The van der Waals surface area contributed by atoms with Gasteiger partial charge in [0, 0.05) is 37.8 Å². The van der Waals surface area contributed by atoms with E-state index in [1.54, 1.807) is 12.1 Å². The van der Waals surface area contributed by atoms with E-state index in [9.17, 15) is 8.78 Å². The van der Waals surface area contributed by atoms with Gasteiger partial charge in [0.2, 0.25) is 0 Å². The molecule has 2 aliphatic heterocycles. The number of fused-ring (bicyclic) bond motifs is 3. The number of anilines is 1. The van der Waals surface area contributed by atoms with Crippen molar-refractivity contribution in [1.82, 2.24) is 14.8 Å². The minimum Gasteiger partial charge on any atom is -0.360 e. The molecule has 2 aliphatic rings. The first-order valence-corrected chi connectivity index (χ1v) is 9.94. The molecule has 0 saturated carbocycles. The Morgan fingerprint density at radius 1 is 1.00 bits per heavy atom. The van der Waals surface area contributed by atoms with Crippen molar-refractivity contribution in [3.05, 3.63) is 77.0 Å². The normalized spacial score (nSPS) is 19.2. The van der Waals surface area contributed by atoms with Crippen LogP contribution in [-0.2, 0) is 13.1 Å². The number of halogens is 2. The van der Waals surface area contributed by atoms with E-state index >= 15 is 0 Å². The number of aromatic nitrogens is 1. The van der Waals surface area contributed by atoms with Gasteiger partial charge in [-0.2, -0.15) is 0 Å². The molecule has 4 nitrogen and oxygen atoms in total. The summed E-state index contributed by atoms with van der Waals surface area (Å²) in [4.78, 5) is 4.49. The molecule has 0 saturated heterocycles. The average molecular weight is 394 g/mol. The molecule has 6 heteroatoms. The summed E-state index contributed by atoms with van der Waals surface area (Å²) < 4.78 is 31.1. The Bertz CT molecular complexity index is 1060. The molecule has 150 valence electrons. The fourth-order valence-electron chi connectivity index (χ4n) is 4.88. The first-order chi connectivity index (χ1) is 14.1. The van der Waals surface area contributed by atoms with E-state index in [1.165, 1.54) is 17.3 Å². The number of benzene rings is 2. The number of nitrogens with zero attached hydrogens (tertiary/aromatic N) is 3. The average Bonchev–Trinajstić information content (AvgIpc) is 3.05. The number of hydrogen-bond donors (Lipinski definition) is 1. The number of hydrogen-bond acceptors (Lipinski definition) is 3. The molecule has 0 aliphatic carbocycles. The molecular weight excluding hydrogens is 370 g/mol. The van der Waals surface area contributed by atoms with Gasteiger partial charge in [-0.15, -0.1) is 0 Å². The zero-order valence-electron chi connectivity index (χ0n) is 16.6. The first-order valence-electron chi connectivity index (χ1n) is 9.94. The fraction of sp³-hybridized carbons (Fsp3) is 0.304. The van der Waals surface area contributed by atoms with Crippen LogP contribution in [0.1, 0.15) is 22.9 Å². The standard InChI is InChI=1S/C23H24F2N4/c1-27-13-17-21(15-7-4-3-5-8-15)29-12-11-26-20(23(29)22(17)28(2)14-27)16-9-6-10-18(24)19(16)25/h3-10,20,26H,11-14H2,1-2H3. The summed E-state index contributed by atoms with van der Waals surface area (Å²) in [7, 11) is 4.17. The molecule has 1 atom stereocenters. The van der Waals surface area contributed by atoms with E-state index in [0.29, 0.717) is 12.1 Å². The van der Waals surface area contributed by atoms with E-state index < -0.39 is 17.7 Å². The van der Waals surface area contributed by atoms with Crippen molar-refractivity contribution in [2.24, 2.45) is 0 Å². The molecule has 3 heterocycles. The summed E-state index contributed by atoms with van der Waals surface area (Å²) in [6, 6.07) is 14.4. The van der Waals surface area contributed by atoms with Crippen molar-refractivity contribution in [3.63, 3.8) is 0 Å². The maximum absolute atomic E-state index is 14.8. The molecule has 5 rings (SSSR count). The Labute approximate surface area is 169 Å². The van der Waals surface area contributed by atoms with E-state index in [4.69, 9.17) is 0 Å². The van der Waals surface area contributed by atoms with Gasteiger partial charge in [0.25, 0.3) is 0 Å². The molecule has 1 aromatic heterocycles. The largest absolute Gasteiger partial charge is 0.360 e. The van der Waals surface area contributed by atoms with Crippen molar-refractivity contribution in [3.8, 4) is 11.3 Å². The highest BCUT2D eigenvalue weighted by molar-refractivity contribution is 5.77. The molecule has 0 amide bonds. The molecule has 0 fully saturated rings. The lowest BCUT2D eigenvalue weighted by molar-refractivity contribution is 0.316. The van der Waals surface area contributed by atoms with Gasteiger partial charge in [0.1, 0.15) is 0 Å². The Morgan fingerprint density at radius 2 is 1.79 bits per heavy atom. The van der Waals surface area contributed by atoms with Crippen LogP contribution in [0.2, 0.25) is 0 Å². The smallest absolute Gasteiger partial charge is 0.163 e. The Hall–Kier alpha value is -2.70. The summed E-state index contributed by atoms with van der Waals surface area (Å²) >= 11 is 0. The van der Waals surface area contributed by atoms with Crippen LogP contribution in [0.15, 0.2) is 48.5 Å². The third-order valence-corrected chi connectivity index (χ3v) is 5.94. The van der Waals surface area contributed by atoms with Crippen LogP contribution in [0.3, 0.4) is 0 Å². The first kappa shape index (κ1) is 18.3. The summed E-state index contributed by atoms with van der Waals surface area (Å²) in [6.07, 6.45) is 0. The van der Waals surface area contributed by atoms with Crippen molar-refractivity contribution >= 4 is 5.69 Å². The topological polar surface area (TPSA) is 23.4 Å². The van der Waals surface area contributed by atoms with Crippen molar-refractivity contribution in [2.45, 2.75) is 19.1 Å². The predicted octanol–water partition coefficient (Wildman–Crippen LogP) is 3.97. The molecule has 1 unspecified atom stereocenters. The van der Waals surface area contributed by atoms with Crippen molar-refractivity contribution in [2.75, 3.05) is 32.2 Å². The lowest BCUT2D eigenvalue weighted by Crippen LogP contribution is -2.39. The monoisotopic (exact) mass is 394 g/mol. The van der Waals surface area contributed by atoms with Gasteiger partial charge in [0.15, 0.2) is 11.6 Å². The van der Waals surface area contributed by atoms with Gasteiger partial charge < -0.3 is 14.8 Å². The maximum atomic E-state index is 14.8. The summed E-state index contributed by atoms with van der Waals surface area (Å²) in [5.74, 6) is -1.58. The molecule has 1 N–H and O–H groups in total. The van der Waals surface area contributed by atoms with Gasteiger partial charge >= 0.3 is 0 Å². The SMILES string of the molecule is CN1Cc2c(c3n(c2-c2ccccc2)CCNC3c2cccc(F)c2F)N(C)C1. The lowest BCUT2D eigenvalue weighted by atomic mass is 9.98. The van der Waals surface area contributed by atoms with E-state index in [2.05, 4.69) is 45.9 Å². The highest BCUT2D eigenvalue weighted by Crippen LogP contribution is 2.45. The molecule has 0 spiro atoms. The molecule has 0 bridgehead atoms. The van der Waals surface area contributed by atoms with Crippen LogP contribution in [-0.4, -0.2) is 36.8 Å². The van der Waals surface area contributed by atoms with Crippen LogP contribution < -0.4 is 10.2 Å². The van der Waals surface area contributed by atoms with Gasteiger partial charge in [-0.3, -0.25) is 4.90 Å². The van der Waals surface area contributed by atoms with Crippen LogP contribution in [0.4, 0.5) is 14.5 Å². The Kier molecular flexibility index (Phi) is 4.41. The third kappa shape index (κ3) is 2.86. The van der Waals surface area contributed by atoms with E-state index in [0.717, 1.165) is 36.7 Å². The van der Waals surface area contributed by atoms with Crippen LogP contribution in [0.5, 0.6) is 0 Å². The second-order valence-corrected chi connectivity index (χ2v) is 7.96. The van der Waals surface area contributed by atoms with Crippen molar-refractivity contribution in [1.29, 1.82) is 0 Å². The van der Waals surface area contributed by atoms with E-state index in [1.807, 2.05) is 18.2 Å². The highest BCUT2D eigenvalue weighted by Gasteiger charge is 2.36. The minimum atomic E-state index is -0.807. The van der Waals surface area contributed by atoms with Gasteiger partial charge in [0.05, 0.1) is 29.8 Å². The van der Waals surface area contributed by atoms with Crippen LogP contribution in [0.25, 0.3) is 11.3 Å². The van der Waals surface area contributed by atoms with Crippen LogP contribution in [0, 0.1) is 11.6 Å². The zero-order chi connectivity index (χ0) is 20.1. The van der Waals surface area contributed by atoms with Crippen LogP contribution >= 0.6 is 0 Å². The predicted molar refractivity (Wildman–Crippen MR) is 111 cm³/mol. The summed E-state index contributed by atoms with van der Waals surface area (Å²) in [6.45, 7) is 3.09. The quantitative estimate of drug-likeness (QED) is 0.712. The Balaban J connectivity index is 1.79. The van der Waals surface area contributed by atoms with E-state index in [-0.39, 0.29) is 0 Å². The molecule has 29 heavy (non-hydrogen) atoms. The molecular formula is C23H24F2N4. The number of nitrogens with one attached hydrogen (secondary N) is 1. The van der Waals surface area contributed by atoms with Gasteiger partial charge in [-0.25, -0.2) is 8.78 Å². The third-order valence-electron chi connectivity index (χ3n) is 5.94. The minimum absolute atomic E-state index is 0.359. The maximum Gasteiger partial charge on any atom is 0.163 e.